The molecule has 2 unspecified atom stereocenters. The maximum atomic E-state index is 14.0. The molecular weight excluding hydrogens is 466 g/mol. The van der Waals surface area contributed by atoms with Gasteiger partial charge in [-0.2, -0.15) is 0 Å². The Bertz CT molecular complexity index is 1210. The summed E-state index contributed by atoms with van der Waals surface area (Å²) in [6, 6.07) is 18.0. The van der Waals surface area contributed by atoms with Crippen molar-refractivity contribution in [2.75, 3.05) is 19.5 Å². The minimum Gasteiger partial charge on any atom is -0.497 e. The molecule has 1 aromatic heterocycles. The number of carbonyl (C=O) groups excluding carboxylic acids is 2. The average Bonchev–Trinajstić information content (AvgIpc) is 2.94. The molecule has 0 aliphatic heterocycles. The van der Waals surface area contributed by atoms with E-state index in [2.05, 4.69) is 22.5 Å². The first-order chi connectivity index (χ1) is 18.1. The number of anilines is 1. The monoisotopic (exact) mass is 499 g/mol. The Labute approximate surface area is 218 Å². The van der Waals surface area contributed by atoms with Gasteiger partial charge in [0, 0.05) is 25.0 Å². The lowest BCUT2D eigenvalue weighted by molar-refractivity contribution is -0.141. The van der Waals surface area contributed by atoms with E-state index in [0.29, 0.717) is 17.2 Å². The van der Waals surface area contributed by atoms with Crippen molar-refractivity contribution < 1.29 is 19.1 Å². The highest BCUT2D eigenvalue weighted by atomic mass is 16.5. The van der Waals surface area contributed by atoms with Crippen LogP contribution < -0.4 is 14.8 Å². The van der Waals surface area contributed by atoms with Crippen molar-refractivity contribution in [2.24, 2.45) is 5.92 Å². The lowest BCUT2D eigenvalue weighted by Crippen LogP contribution is -2.51. The summed E-state index contributed by atoms with van der Waals surface area (Å²) in [6.07, 6.45) is 10.3. The molecule has 0 radical (unpaired) electrons. The number of nitrogens with one attached hydrogen (secondary N) is 1. The fourth-order valence-electron chi connectivity index (χ4n) is 4.72. The van der Waals surface area contributed by atoms with Crippen LogP contribution in [0.2, 0.25) is 0 Å². The Balaban J connectivity index is 1.69. The van der Waals surface area contributed by atoms with Gasteiger partial charge in [0.05, 0.1) is 26.3 Å². The molecule has 1 aliphatic carbocycles. The van der Waals surface area contributed by atoms with E-state index < -0.39 is 6.04 Å². The van der Waals surface area contributed by atoms with E-state index in [1.165, 1.54) is 0 Å². The first-order valence-corrected chi connectivity index (χ1v) is 12.5. The summed E-state index contributed by atoms with van der Waals surface area (Å²) in [6.45, 7) is 0.289. The number of rotatable bonds is 10. The predicted molar refractivity (Wildman–Crippen MR) is 143 cm³/mol. The molecule has 3 aromatic rings. The SMILES string of the molecule is COc1ccc(NC(=O)C(C2CC=CCC2)N(Cc2cccnc2)C(=O)Cc2ccccc2)c(OC)c1. The standard InChI is InChI=1S/C30H33N3O4/c1-36-25-15-16-26(27(19-25)37-2)32-30(35)29(24-13-7-4-8-14-24)33(21-23-12-9-17-31-20-23)28(34)18-22-10-5-3-6-11-22/h3-7,9-12,15-17,19-20,24,29H,8,13-14,18,21H2,1-2H3,(H,32,35). The largest absolute Gasteiger partial charge is 0.497 e. The summed E-state index contributed by atoms with van der Waals surface area (Å²) in [5.41, 5.74) is 2.31. The second-order valence-corrected chi connectivity index (χ2v) is 9.09. The topological polar surface area (TPSA) is 80.8 Å². The number of carbonyl (C=O) groups is 2. The van der Waals surface area contributed by atoms with Crippen LogP contribution >= 0.6 is 0 Å². The third-order valence-electron chi connectivity index (χ3n) is 6.62. The zero-order valence-corrected chi connectivity index (χ0v) is 21.3. The first kappa shape index (κ1) is 25.9. The van der Waals surface area contributed by atoms with Crippen molar-refractivity contribution in [3.8, 4) is 11.5 Å². The van der Waals surface area contributed by atoms with Gasteiger partial charge in [0.1, 0.15) is 17.5 Å². The van der Waals surface area contributed by atoms with Crippen molar-refractivity contribution in [1.29, 1.82) is 0 Å². The Morgan fingerprint density at radius 1 is 1.03 bits per heavy atom. The highest BCUT2D eigenvalue weighted by Gasteiger charge is 2.37. The zero-order chi connectivity index (χ0) is 26.0. The van der Waals surface area contributed by atoms with Crippen LogP contribution in [0.5, 0.6) is 11.5 Å². The number of amides is 2. The Morgan fingerprint density at radius 3 is 2.51 bits per heavy atom. The molecule has 2 aromatic carbocycles. The molecule has 2 amide bonds. The number of pyridine rings is 1. The zero-order valence-electron chi connectivity index (χ0n) is 21.3. The maximum absolute atomic E-state index is 14.0. The maximum Gasteiger partial charge on any atom is 0.247 e. The van der Waals surface area contributed by atoms with Crippen LogP contribution in [-0.4, -0.2) is 42.0 Å². The van der Waals surface area contributed by atoms with Crippen molar-refractivity contribution >= 4 is 17.5 Å². The summed E-state index contributed by atoms with van der Waals surface area (Å²) in [4.78, 5) is 33.8. The van der Waals surface area contributed by atoms with Crippen molar-refractivity contribution in [2.45, 2.75) is 38.3 Å². The molecule has 1 aliphatic rings. The molecule has 0 fully saturated rings. The molecule has 0 bridgehead atoms. The Hall–Kier alpha value is -4.13. The van der Waals surface area contributed by atoms with Gasteiger partial charge in [0.2, 0.25) is 11.8 Å². The molecule has 0 saturated carbocycles. The third-order valence-corrected chi connectivity index (χ3v) is 6.62. The van der Waals surface area contributed by atoms with Crippen molar-refractivity contribution in [3.63, 3.8) is 0 Å². The highest BCUT2D eigenvalue weighted by molar-refractivity contribution is 5.98. The van der Waals surface area contributed by atoms with Gasteiger partial charge in [-0.15, -0.1) is 0 Å². The van der Waals surface area contributed by atoms with E-state index in [1.54, 1.807) is 49.7 Å². The minimum atomic E-state index is -0.673. The molecule has 7 nitrogen and oxygen atoms in total. The van der Waals surface area contributed by atoms with Gasteiger partial charge in [-0.05, 0) is 54.5 Å². The van der Waals surface area contributed by atoms with Crippen LogP contribution in [0.15, 0.2) is 85.2 Å². The van der Waals surface area contributed by atoms with Crippen molar-refractivity contribution in [1.82, 2.24) is 9.88 Å². The van der Waals surface area contributed by atoms with E-state index >= 15 is 0 Å². The second kappa shape index (κ2) is 12.7. The van der Waals surface area contributed by atoms with Crippen molar-refractivity contribution in [3.05, 3.63) is 96.3 Å². The molecule has 1 N–H and O–H groups in total. The number of nitrogens with zero attached hydrogens (tertiary/aromatic N) is 2. The molecule has 0 spiro atoms. The summed E-state index contributed by atoms with van der Waals surface area (Å²) >= 11 is 0. The quantitative estimate of drug-likeness (QED) is 0.396. The molecular formula is C30H33N3O4. The number of hydrogen-bond acceptors (Lipinski definition) is 5. The van der Waals surface area contributed by atoms with Crippen LogP contribution in [0.4, 0.5) is 5.69 Å². The van der Waals surface area contributed by atoms with Gasteiger partial charge in [0.15, 0.2) is 0 Å². The Morgan fingerprint density at radius 2 is 1.84 bits per heavy atom. The molecule has 192 valence electrons. The molecule has 2 atom stereocenters. The van der Waals surface area contributed by atoms with E-state index in [1.807, 2.05) is 42.5 Å². The smallest absolute Gasteiger partial charge is 0.247 e. The summed E-state index contributed by atoms with van der Waals surface area (Å²) in [5.74, 6) is 0.746. The number of methoxy groups -OCH3 is 2. The van der Waals surface area contributed by atoms with Crippen LogP contribution in [0.25, 0.3) is 0 Å². The summed E-state index contributed by atoms with van der Waals surface area (Å²) < 4.78 is 10.8. The second-order valence-electron chi connectivity index (χ2n) is 9.09. The number of allylic oxidation sites excluding steroid dienone is 2. The van der Waals surface area contributed by atoms with Gasteiger partial charge in [-0.3, -0.25) is 14.6 Å². The molecule has 37 heavy (non-hydrogen) atoms. The van der Waals surface area contributed by atoms with Gasteiger partial charge in [-0.25, -0.2) is 0 Å². The van der Waals surface area contributed by atoms with Crippen LogP contribution in [-0.2, 0) is 22.6 Å². The normalized spacial score (nSPS) is 15.5. The Kier molecular flexibility index (Phi) is 8.92. The van der Waals surface area contributed by atoms with E-state index in [0.717, 1.165) is 30.4 Å². The van der Waals surface area contributed by atoms with Gasteiger partial charge in [-0.1, -0.05) is 48.6 Å². The van der Waals surface area contributed by atoms with Crippen LogP contribution in [0.3, 0.4) is 0 Å². The van der Waals surface area contributed by atoms with Gasteiger partial charge >= 0.3 is 0 Å². The summed E-state index contributed by atoms with van der Waals surface area (Å²) in [5, 5.41) is 3.04. The van der Waals surface area contributed by atoms with E-state index in [4.69, 9.17) is 9.47 Å². The van der Waals surface area contributed by atoms with E-state index in [-0.39, 0.29) is 30.7 Å². The molecule has 1 heterocycles. The number of hydrogen-bond donors (Lipinski definition) is 1. The predicted octanol–water partition coefficient (Wildman–Crippen LogP) is 5.03. The lowest BCUT2D eigenvalue weighted by Gasteiger charge is -2.37. The fourth-order valence-corrected chi connectivity index (χ4v) is 4.72. The highest BCUT2D eigenvalue weighted by Crippen LogP contribution is 2.32. The average molecular weight is 500 g/mol. The minimum absolute atomic E-state index is 0.0226. The number of aromatic nitrogens is 1. The molecule has 7 heteroatoms. The van der Waals surface area contributed by atoms with E-state index in [9.17, 15) is 9.59 Å². The fraction of sp³-hybridized carbons (Fsp3) is 0.300. The number of ether oxygens (including phenoxy) is 2. The van der Waals surface area contributed by atoms with Gasteiger partial charge < -0.3 is 19.7 Å². The third kappa shape index (κ3) is 6.76. The molecule has 4 rings (SSSR count). The molecule has 0 saturated heterocycles. The first-order valence-electron chi connectivity index (χ1n) is 12.5. The number of benzene rings is 2. The van der Waals surface area contributed by atoms with Crippen LogP contribution in [0, 0.1) is 5.92 Å². The van der Waals surface area contributed by atoms with Gasteiger partial charge in [0.25, 0.3) is 0 Å². The van der Waals surface area contributed by atoms with Crippen LogP contribution in [0.1, 0.15) is 30.4 Å². The lowest BCUT2D eigenvalue weighted by atomic mass is 9.85. The summed E-state index contributed by atoms with van der Waals surface area (Å²) in [7, 11) is 3.13.